The van der Waals surface area contributed by atoms with Crippen molar-refractivity contribution in [3.05, 3.63) is 35.9 Å². The highest BCUT2D eigenvalue weighted by Gasteiger charge is 2.23. The van der Waals surface area contributed by atoms with Crippen LogP contribution in [0.25, 0.3) is 0 Å². The van der Waals surface area contributed by atoms with Gasteiger partial charge in [0.25, 0.3) is 0 Å². The van der Waals surface area contributed by atoms with Gasteiger partial charge in [0.05, 0.1) is 6.61 Å². The third kappa shape index (κ3) is 4.41. The third-order valence-corrected chi connectivity index (χ3v) is 3.30. The normalized spacial score (nSPS) is 25.3. The van der Waals surface area contributed by atoms with Gasteiger partial charge in [0.1, 0.15) is 0 Å². The molecule has 1 aromatic carbocycles. The van der Waals surface area contributed by atoms with Gasteiger partial charge in [-0.2, -0.15) is 5.06 Å². The van der Waals surface area contributed by atoms with Gasteiger partial charge in [0, 0.05) is 12.6 Å². The van der Waals surface area contributed by atoms with Crippen molar-refractivity contribution in [2.24, 2.45) is 5.92 Å². The molecule has 1 heterocycles. The average molecular weight is 300 g/mol. The summed E-state index contributed by atoms with van der Waals surface area (Å²) in [6.45, 7) is 6.30. The first-order valence-corrected chi connectivity index (χ1v) is 6.19. The van der Waals surface area contributed by atoms with Crippen LogP contribution in [0.1, 0.15) is 32.3 Å². The van der Waals surface area contributed by atoms with E-state index in [1.54, 1.807) is 0 Å². The molecule has 0 aliphatic carbocycles. The van der Waals surface area contributed by atoms with Gasteiger partial charge in [-0.1, -0.05) is 37.3 Å². The Morgan fingerprint density at radius 1 is 1.18 bits per heavy atom. The lowest BCUT2D eigenvalue weighted by Crippen LogP contribution is -2.40. The summed E-state index contributed by atoms with van der Waals surface area (Å²) in [5.41, 5.74) is 1.24. The first-order chi connectivity index (χ1) is 7.75. The minimum atomic E-state index is 0. The van der Waals surface area contributed by atoms with Crippen LogP contribution in [0.5, 0.6) is 0 Å². The van der Waals surface area contributed by atoms with E-state index < -0.39 is 0 Å². The second kappa shape index (κ2) is 7.14. The van der Waals surface area contributed by atoms with Crippen LogP contribution in [0.4, 0.5) is 0 Å². The summed E-state index contributed by atoms with van der Waals surface area (Å²) in [4.78, 5) is 5.88. The molecule has 2 unspecified atom stereocenters. The Morgan fingerprint density at radius 3 is 2.59 bits per heavy atom. The van der Waals surface area contributed by atoms with Crippen molar-refractivity contribution in [2.75, 3.05) is 6.54 Å². The Bertz CT molecular complexity index is 317. The molecule has 0 spiro atoms. The first-order valence-electron chi connectivity index (χ1n) is 6.19. The lowest BCUT2D eigenvalue weighted by Gasteiger charge is -2.35. The molecule has 0 N–H and O–H groups in total. The largest absolute Gasteiger partial charge is 0.294 e. The van der Waals surface area contributed by atoms with Crippen molar-refractivity contribution in [1.29, 1.82) is 0 Å². The number of rotatable bonds is 3. The van der Waals surface area contributed by atoms with E-state index in [0.29, 0.717) is 12.6 Å². The molecule has 0 bridgehead atoms. The molecule has 17 heavy (non-hydrogen) atoms. The van der Waals surface area contributed by atoms with E-state index in [-0.39, 0.29) is 17.0 Å². The molecular weight excluding hydrogens is 278 g/mol. The van der Waals surface area contributed by atoms with E-state index in [4.69, 9.17) is 4.84 Å². The summed E-state index contributed by atoms with van der Waals surface area (Å²) in [6, 6.07) is 10.9. The van der Waals surface area contributed by atoms with E-state index in [2.05, 4.69) is 43.2 Å². The van der Waals surface area contributed by atoms with Crippen molar-refractivity contribution < 1.29 is 4.84 Å². The zero-order valence-electron chi connectivity index (χ0n) is 10.6. The van der Waals surface area contributed by atoms with Crippen LogP contribution in [0.3, 0.4) is 0 Å². The number of hydrogen-bond donors (Lipinski definition) is 0. The van der Waals surface area contributed by atoms with E-state index in [1.807, 2.05) is 6.07 Å². The van der Waals surface area contributed by atoms with Gasteiger partial charge in [-0.15, -0.1) is 17.0 Å². The molecule has 1 aromatic rings. The highest BCUT2D eigenvalue weighted by molar-refractivity contribution is 8.93. The van der Waals surface area contributed by atoms with E-state index in [1.165, 1.54) is 18.4 Å². The molecule has 96 valence electrons. The van der Waals surface area contributed by atoms with Crippen LogP contribution in [-0.2, 0) is 11.4 Å². The summed E-state index contributed by atoms with van der Waals surface area (Å²) in [7, 11) is 0. The highest BCUT2D eigenvalue weighted by Crippen LogP contribution is 2.22. The highest BCUT2D eigenvalue weighted by atomic mass is 79.9. The molecule has 1 saturated heterocycles. The summed E-state index contributed by atoms with van der Waals surface area (Å²) < 4.78 is 0. The fraction of sp³-hybridized carbons (Fsp3) is 0.571. The second-order valence-corrected chi connectivity index (χ2v) is 4.89. The van der Waals surface area contributed by atoms with Crippen LogP contribution in [0, 0.1) is 5.92 Å². The van der Waals surface area contributed by atoms with Crippen LogP contribution >= 0.6 is 17.0 Å². The fourth-order valence-corrected chi connectivity index (χ4v) is 2.16. The zero-order chi connectivity index (χ0) is 11.4. The van der Waals surface area contributed by atoms with Crippen LogP contribution in [-0.4, -0.2) is 17.6 Å². The number of benzene rings is 1. The van der Waals surface area contributed by atoms with Gasteiger partial charge in [-0.3, -0.25) is 4.84 Å². The molecule has 0 saturated carbocycles. The molecule has 2 atom stereocenters. The van der Waals surface area contributed by atoms with Crippen molar-refractivity contribution in [2.45, 2.75) is 39.3 Å². The topological polar surface area (TPSA) is 12.5 Å². The van der Waals surface area contributed by atoms with Crippen LogP contribution in [0.15, 0.2) is 30.3 Å². The molecule has 1 aliphatic rings. The van der Waals surface area contributed by atoms with Gasteiger partial charge in [0.2, 0.25) is 0 Å². The molecule has 0 aromatic heterocycles. The van der Waals surface area contributed by atoms with Gasteiger partial charge >= 0.3 is 0 Å². The van der Waals surface area contributed by atoms with Gasteiger partial charge in [-0.25, -0.2) is 0 Å². The molecule has 0 radical (unpaired) electrons. The monoisotopic (exact) mass is 299 g/mol. The maximum absolute atomic E-state index is 5.88. The standard InChI is InChI=1S/C14H21NO.BrH/c1-12-8-9-13(2)15(10-12)16-11-14-6-4-3-5-7-14;/h3-7,12-13H,8-11H2,1-2H3;1H. The zero-order valence-corrected chi connectivity index (χ0v) is 12.3. The summed E-state index contributed by atoms with van der Waals surface area (Å²) in [5, 5.41) is 2.15. The van der Waals surface area contributed by atoms with Crippen LogP contribution < -0.4 is 0 Å². The van der Waals surface area contributed by atoms with Crippen molar-refractivity contribution in [3.8, 4) is 0 Å². The van der Waals surface area contributed by atoms with Gasteiger partial charge in [-0.05, 0) is 31.2 Å². The SMILES string of the molecule is Br.CC1CCC(C)N(OCc2ccccc2)C1. The Hall–Kier alpha value is -0.380. The quantitative estimate of drug-likeness (QED) is 0.841. The maximum Gasteiger partial charge on any atom is 0.0936 e. The van der Waals surface area contributed by atoms with Crippen molar-refractivity contribution >= 4 is 17.0 Å². The second-order valence-electron chi connectivity index (χ2n) is 4.89. The smallest absolute Gasteiger partial charge is 0.0936 e. The van der Waals surface area contributed by atoms with Crippen LogP contribution in [0.2, 0.25) is 0 Å². The Morgan fingerprint density at radius 2 is 1.88 bits per heavy atom. The lowest BCUT2D eigenvalue weighted by molar-refractivity contribution is -0.211. The molecule has 3 heteroatoms. The molecule has 0 amide bonds. The first kappa shape index (κ1) is 14.7. The van der Waals surface area contributed by atoms with Gasteiger partial charge < -0.3 is 0 Å². The predicted octanol–water partition coefficient (Wildman–Crippen LogP) is 3.82. The predicted molar refractivity (Wildman–Crippen MR) is 76.1 cm³/mol. The Kier molecular flexibility index (Phi) is 6.17. The summed E-state index contributed by atoms with van der Waals surface area (Å²) in [6.07, 6.45) is 2.57. The van der Waals surface area contributed by atoms with E-state index >= 15 is 0 Å². The number of nitrogens with zero attached hydrogens (tertiary/aromatic N) is 1. The molecule has 2 rings (SSSR count). The molecular formula is C14H22BrNO. The van der Waals surface area contributed by atoms with E-state index in [9.17, 15) is 0 Å². The number of piperidine rings is 1. The maximum atomic E-state index is 5.88. The molecule has 2 nitrogen and oxygen atoms in total. The minimum absolute atomic E-state index is 0. The van der Waals surface area contributed by atoms with E-state index in [0.717, 1.165) is 12.5 Å². The number of hydrogen-bond acceptors (Lipinski definition) is 2. The number of hydroxylamine groups is 2. The average Bonchev–Trinajstić information content (AvgIpc) is 2.32. The third-order valence-electron chi connectivity index (χ3n) is 3.30. The van der Waals surface area contributed by atoms with Crippen molar-refractivity contribution in [3.63, 3.8) is 0 Å². The Labute approximate surface area is 115 Å². The molecule has 1 aliphatic heterocycles. The summed E-state index contributed by atoms with van der Waals surface area (Å²) in [5.74, 6) is 0.756. The van der Waals surface area contributed by atoms with Crippen molar-refractivity contribution in [1.82, 2.24) is 5.06 Å². The number of halogens is 1. The Balaban J connectivity index is 0.00000144. The van der Waals surface area contributed by atoms with Gasteiger partial charge in [0.15, 0.2) is 0 Å². The molecule has 1 fully saturated rings. The fourth-order valence-electron chi connectivity index (χ4n) is 2.16. The summed E-state index contributed by atoms with van der Waals surface area (Å²) >= 11 is 0. The minimum Gasteiger partial charge on any atom is -0.294 e. The lowest BCUT2D eigenvalue weighted by atomic mass is 9.97.